The van der Waals surface area contributed by atoms with Crippen LogP contribution in [0.3, 0.4) is 0 Å². The number of nitrogens with zero attached hydrogens (tertiary/aromatic N) is 5. The predicted molar refractivity (Wildman–Crippen MR) is 97.6 cm³/mol. The number of carbonyl (C=O) groups excluding carboxylic acids is 1. The maximum atomic E-state index is 13.6. The molecular formula is C19H21F2N5O2. The van der Waals surface area contributed by atoms with E-state index in [1.165, 1.54) is 10.7 Å². The molecule has 1 aromatic carbocycles. The zero-order chi connectivity index (χ0) is 20.3. The molecule has 1 amide bonds. The van der Waals surface area contributed by atoms with E-state index in [1.54, 1.807) is 24.2 Å². The van der Waals surface area contributed by atoms with Crippen molar-refractivity contribution >= 4 is 5.91 Å². The Hall–Kier alpha value is -3.23. The second kappa shape index (κ2) is 8.20. The minimum absolute atomic E-state index is 0.0923. The van der Waals surface area contributed by atoms with Crippen LogP contribution in [0.5, 0.6) is 5.75 Å². The summed E-state index contributed by atoms with van der Waals surface area (Å²) in [6.07, 6.45) is 3.48. The minimum Gasteiger partial charge on any atom is -0.468 e. The van der Waals surface area contributed by atoms with Gasteiger partial charge in [-0.05, 0) is 32.0 Å². The molecule has 2 aromatic heterocycles. The lowest BCUT2D eigenvalue weighted by atomic mass is 10.2. The molecule has 0 fully saturated rings. The Labute approximate surface area is 161 Å². The van der Waals surface area contributed by atoms with Gasteiger partial charge in [-0.2, -0.15) is 10.2 Å². The van der Waals surface area contributed by atoms with E-state index in [0.717, 1.165) is 29.9 Å². The highest BCUT2D eigenvalue weighted by Gasteiger charge is 2.17. The Bertz CT molecular complexity index is 983. The van der Waals surface area contributed by atoms with Gasteiger partial charge in [-0.1, -0.05) is 0 Å². The Morgan fingerprint density at radius 3 is 2.68 bits per heavy atom. The third-order valence-corrected chi connectivity index (χ3v) is 4.23. The molecule has 7 nitrogen and oxygen atoms in total. The van der Waals surface area contributed by atoms with Crippen LogP contribution in [0.4, 0.5) is 8.78 Å². The number of carbonyl (C=O) groups is 1. The van der Waals surface area contributed by atoms with Crippen molar-refractivity contribution in [3.05, 3.63) is 65.2 Å². The number of rotatable bonds is 7. The second-order valence-electron chi connectivity index (χ2n) is 6.35. The molecule has 0 radical (unpaired) electrons. The first-order chi connectivity index (χ1) is 13.4. The summed E-state index contributed by atoms with van der Waals surface area (Å²) >= 11 is 0. The third kappa shape index (κ3) is 4.36. The maximum absolute atomic E-state index is 13.6. The lowest BCUT2D eigenvalue weighted by Crippen LogP contribution is -2.27. The van der Waals surface area contributed by atoms with E-state index >= 15 is 0 Å². The minimum atomic E-state index is -0.800. The van der Waals surface area contributed by atoms with E-state index in [0.29, 0.717) is 6.54 Å². The molecule has 0 aliphatic rings. The van der Waals surface area contributed by atoms with Gasteiger partial charge in [-0.25, -0.2) is 13.5 Å². The number of hydrogen-bond acceptors (Lipinski definition) is 4. The van der Waals surface area contributed by atoms with E-state index < -0.39 is 11.6 Å². The van der Waals surface area contributed by atoms with E-state index in [2.05, 4.69) is 10.2 Å². The molecule has 28 heavy (non-hydrogen) atoms. The Morgan fingerprint density at radius 2 is 2.00 bits per heavy atom. The van der Waals surface area contributed by atoms with Gasteiger partial charge in [-0.3, -0.25) is 9.48 Å². The van der Waals surface area contributed by atoms with Crippen LogP contribution in [0, 0.1) is 18.6 Å². The molecule has 0 unspecified atom stereocenters. The van der Waals surface area contributed by atoms with Crippen LogP contribution < -0.4 is 4.74 Å². The SMILES string of the molecule is CCn1cc(CN(C)C(=O)c2ccn(COc3ccc(F)cc3F)n2)c(C)n1. The number of benzene rings is 1. The van der Waals surface area contributed by atoms with Gasteiger partial charge in [-0.15, -0.1) is 0 Å². The van der Waals surface area contributed by atoms with Crippen LogP contribution >= 0.6 is 0 Å². The fourth-order valence-electron chi connectivity index (χ4n) is 2.67. The Morgan fingerprint density at radius 1 is 1.21 bits per heavy atom. The van der Waals surface area contributed by atoms with Crippen LogP contribution in [0.25, 0.3) is 0 Å². The fraction of sp³-hybridized carbons (Fsp3) is 0.316. The summed E-state index contributed by atoms with van der Waals surface area (Å²) in [5.74, 6) is -1.83. The summed E-state index contributed by atoms with van der Waals surface area (Å²) in [6, 6.07) is 4.61. The molecule has 0 N–H and O–H groups in total. The summed E-state index contributed by atoms with van der Waals surface area (Å²) in [7, 11) is 1.69. The van der Waals surface area contributed by atoms with E-state index in [1.807, 2.05) is 24.7 Å². The smallest absolute Gasteiger partial charge is 0.274 e. The molecule has 0 saturated heterocycles. The number of halogens is 2. The number of ether oxygens (including phenoxy) is 1. The molecule has 0 saturated carbocycles. The highest BCUT2D eigenvalue weighted by molar-refractivity contribution is 5.91. The van der Waals surface area contributed by atoms with Crippen molar-refractivity contribution in [2.45, 2.75) is 33.7 Å². The van der Waals surface area contributed by atoms with Crippen LogP contribution in [0.1, 0.15) is 28.7 Å². The molecular weight excluding hydrogens is 368 g/mol. The molecule has 0 aliphatic heterocycles. The van der Waals surface area contributed by atoms with Gasteiger partial charge in [0, 0.05) is 44.2 Å². The van der Waals surface area contributed by atoms with Gasteiger partial charge in [0.25, 0.3) is 5.91 Å². The second-order valence-corrected chi connectivity index (χ2v) is 6.35. The zero-order valence-corrected chi connectivity index (χ0v) is 15.9. The third-order valence-electron chi connectivity index (χ3n) is 4.23. The average Bonchev–Trinajstić information content (AvgIpc) is 3.27. The summed E-state index contributed by atoms with van der Waals surface area (Å²) < 4.78 is 35.0. The monoisotopic (exact) mass is 389 g/mol. The Kier molecular flexibility index (Phi) is 5.72. The molecule has 9 heteroatoms. The van der Waals surface area contributed by atoms with Gasteiger partial charge < -0.3 is 9.64 Å². The van der Waals surface area contributed by atoms with Crippen molar-refractivity contribution in [1.29, 1.82) is 0 Å². The normalized spacial score (nSPS) is 10.9. The summed E-state index contributed by atoms with van der Waals surface area (Å²) in [6.45, 7) is 4.96. The van der Waals surface area contributed by atoms with Crippen molar-refractivity contribution in [3.63, 3.8) is 0 Å². The van der Waals surface area contributed by atoms with Crippen molar-refractivity contribution in [2.24, 2.45) is 0 Å². The predicted octanol–water partition coefficient (Wildman–Crippen LogP) is 2.99. The molecule has 0 atom stereocenters. The van der Waals surface area contributed by atoms with Gasteiger partial charge in [0.2, 0.25) is 0 Å². The molecule has 3 aromatic rings. The molecule has 3 rings (SSSR count). The largest absolute Gasteiger partial charge is 0.468 e. The highest BCUT2D eigenvalue weighted by Crippen LogP contribution is 2.18. The first-order valence-corrected chi connectivity index (χ1v) is 8.77. The van der Waals surface area contributed by atoms with Crippen LogP contribution in [-0.4, -0.2) is 37.4 Å². The number of hydrogen-bond donors (Lipinski definition) is 0. The summed E-state index contributed by atoms with van der Waals surface area (Å²) in [4.78, 5) is 14.1. The quantitative estimate of drug-likeness (QED) is 0.623. The fourth-order valence-corrected chi connectivity index (χ4v) is 2.67. The zero-order valence-electron chi connectivity index (χ0n) is 15.9. The molecule has 2 heterocycles. The van der Waals surface area contributed by atoms with Crippen LogP contribution in [0.15, 0.2) is 36.7 Å². The van der Waals surface area contributed by atoms with E-state index in [9.17, 15) is 13.6 Å². The van der Waals surface area contributed by atoms with Gasteiger partial charge in [0.15, 0.2) is 24.0 Å². The number of aromatic nitrogens is 4. The topological polar surface area (TPSA) is 65.2 Å². The maximum Gasteiger partial charge on any atom is 0.274 e. The molecule has 0 bridgehead atoms. The molecule has 0 spiro atoms. The average molecular weight is 389 g/mol. The van der Waals surface area contributed by atoms with Crippen molar-refractivity contribution in [1.82, 2.24) is 24.5 Å². The van der Waals surface area contributed by atoms with Crippen molar-refractivity contribution < 1.29 is 18.3 Å². The van der Waals surface area contributed by atoms with Gasteiger partial charge >= 0.3 is 0 Å². The highest BCUT2D eigenvalue weighted by atomic mass is 19.1. The number of aryl methyl sites for hydroxylation is 2. The summed E-state index contributed by atoms with van der Waals surface area (Å²) in [5, 5.41) is 8.53. The molecule has 148 valence electrons. The van der Waals surface area contributed by atoms with Crippen LogP contribution in [0.2, 0.25) is 0 Å². The lowest BCUT2D eigenvalue weighted by molar-refractivity contribution is 0.0777. The summed E-state index contributed by atoms with van der Waals surface area (Å²) in [5.41, 5.74) is 2.08. The van der Waals surface area contributed by atoms with E-state index in [-0.39, 0.29) is 24.1 Å². The number of amides is 1. The standard InChI is InChI=1S/C19H21F2N5O2/c1-4-25-11-14(13(2)22-25)10-24(3)19(27)17-7-8-26(23-17)12-28-18-6-5-15(20)9-16(18)21/h5-9,11H,4,10,12H2,1-3H3. The Balaban J connectivity index is 1.62. The van der Waals surface area contributed by atoms with Crippen molar-refractivity contribution in [2.75, 3.05) is 7.05 Å². The molecule has 0 aliphatic carbocycles. The van der Waals surface area contributed by atoms with E-state index in [4.69, 9.17) is 4.74 Å². The van der Waals surface area contributed by atoms with Gasteiger partial charge in [0.1, 0.15) is 5.82 Å². The lowest BCUT2D eigenvalue weighted by Gasteiger charge is -2.15. The van der Waals surface area contributed by atoms with Crippen molar-refractivity contribution in [3.8, 4) is 5.75 Å². The van der Waals surface area contributed by atoms with Gasteiger partial charge in [0.05, 0.1) is 5.69 Å². The first kappa shape index (κ1) is 19.5. The first-order valence-electron chi connectivity index (χ1n) is 8.77. The van der Waals surface area contributed by atoms with Crippen LogP contribution in [-0.2, 0) is 19.8 Å².